The smallest absolute Gasteiger partial charge is 0.311 e. The van der Waals surface area contributed by atoms with Crippen molar-refractivity contribution in [3.8, 4) is 0 Å². The molecule has 0 radical (unpaired) electrons. The van der Waals surface area contributed by atoms with Gasteiger partial charge in [-0.05, 0) is 40.2 Å². The van der Waals surface area contributed by atoms with Crippen LogP contribution in [0.15, 0.2) is 34.8 Å². The number of hydrogen-bond acceptors (Lipinski definition) is 5. The molecular weight excluding hydrogens is 336 g/mol. The van der Waals surface area contributed by atoms with E-state index in [1.165, 1.54) is 12.1 Å². The van der Waals surface area contributed by atoms with Crippen LogP contribution in [0.5, 0.6) is 0 Å². The molecule has 0 aliphatic carbocycles. The Balaban J connectivity index is 2.31. The van der Waals surface area contributed by atoms with E-state index in [9.17, 15) is 10.1 Å². The van der Waals surface area contributed by atoms with Crippen LogP contribution < -0.4 is 11.1 Å². The normalized spacial score (nSPS) is 10.2. The van der Waals surface area contributed by atoms with Gasteiger partial charge >= 0.3 is 5.69 Å². The molecule has 3 N–H and O–H groups in total. The van der Waals surface area contributed by atoms with Crippen molar-refractivity contribution < 1.29 is 4.92 Å². The molecule has 0 saturated carbocycles. The molecule has 1 aromatic carbocycles. The van der Waals surface area contributed by atoms with Crippen LogP contribution in [-0.4, -0.2) is 9.91 Å². The molecule has 98 valence electrons. The average molecular weight is 344 g/mol. The van der Waals surface area contributed by atoms with E-state index < -0.39 is 4.92 Å². The number of pyridine rings is 1. The summed E-state index contributed by atoms with van der Waals surface area (Å²) in [6.45, 7) is 0. The third-order valence-corrected chi connectivity index (χ3v) is 3.22. The summed E-state index contributed by atoms with van der Waals surface area (Å²) in [6.07, 6.45) is 0. The van der Waals surface area contributed by atoms with Gasteiger partial charge in [0.15, 0.2) is 0 Å². The lowest BCUT2D eigenvalue weighted by atomic mass is 10.3. The summed E-state index contributed by atoms with van der Waals surface area (Å²) in [5.74, 6) is 0.249. The lowest BCUT2D eigenvalue weighted by molar-refractivity contribution is -0.384. The summed E-state index contributed by atoms with van der Waals surface area (Å²) in [4.78, 5) is 14.0. The third kappa shape index (κ3) is 3.12. The highest BCUT2D eigenvalue weighted by atomic mass is 79.9. The zero-order valence-corrected chi connectivity index (χ0v) is 11.8. The lowest BCUT2D eigenvalue weighted by Crippen LogP contribution is -2.01. The Bertz CT molecular complexity index is 651. The molecule has 0 fully saturated rings. The van der Waals surface area contributed by atoms with Gasteiger partial charge in [-0.3, -0.25) is 10.1 Å². The number of nitrogen functional groups attached to an aromatic ring is 1. The Morgan fingerprint density at radius 1 is 1.37 bits per heavy atom. The monoisotopic (exact) mass is 342 g/mol. The molecule has 2 rings (SSSR count). The number of nitrogens with zero attached hydrogens (tertiary/aromatic N) is 2. The number of nitro groups is 1. The van der Waals surface area contributed by atoms with Gasteiger partial charge in [-0.2, -0.15) is 0 Å². The molecule has 19 heavy (non-hydrogen) atoms. The predicted molar refractivity (Wildman–Crippen MR) is 77.7 cm³/mol. The van der Waals surface area contributed by atoms with E-state index in [4.69, 9.17) is 17.3 Å². The fourth-order valence-electron chi connectivity index (χ4n) is 1.42. The summed E-state index contributed by atoms with van der Waals surface area (Å²) in [7, 11) is 0. The number of nitrogens with two attached hydrogens (primary N) is 1. The minimum Gasteiger partial charge on any atom is -0.378 e. The third-order valence-electron chi connectivity index (χ3n) is 2.29. The second kappa shape index (κ2) is 5.41. The first kappa shape index (κ1) is 13.6. The summed E-state index contributed by atoms with van der Waals surface area (Å²) >= 11 is 9.24. The zero-order valence-electron chi connectivity index (χ0n) is 9.43. The number of nitrogens with one attached hydrogen (secondary N) is 1. The standard InChI is InChI=1S/C11H8BrClN4O2/c12-7-2-1-6(13)5-8(7)15-10-4-3-9(17(18)19)11(14)16-10/h1-5H,(H3,14,15,16). The Kier molecular flexibility index (Phi) is 3.87. The van der Waals surface area contributed by atoms with Gasteiger partial charge in [-0.25, -0.2) is 4.98 Å². The van der Waals surface area contributed by atoms with Crippen molar-refractivity contribution in [3.05, 3.63) is 49.9 Å². The molecule has 8 heteroatoms. The van der Waals surface area contributed by atoms with Crippen LogP contribution in [0.3, 0.4) is 0 Å². The van der Waals surface area contributed by atoms with Crippen LogP contribution in [0, 0.1) is 10.1 Å². The molecular formula is C11H8BrClN4O2. The number of aromatic nitrogens is 1. The summed E-state index contributed by atoms with van der Waals surface area (Å²) < 4.78 is 0.788. The van der Waals surface area contributed by atoms with E-state index in [1.54, 1.807) is 18.2 Å². The second-order valence-electron chi connectivity index (χ2n) is 3.61. The molecule has 0 aliphatic rings. The number of benzene rings is 1. The summed E-state index contributed by atoms with van der Waals surface area (Å²) in [6, 6.07) is 7.98. The number of rotatable bonds is 3. The van der Waals surface area contributed by atoms with E-state index >= 15 is 0 Å². The van der Waals surface area contributed by atoms with Gasteiger partial charge in [0.25, 0.3) is 0 Å². The number of anilines is 3. The van der Waals surface area contributed by atoms with Crippen molar-refractivity contribution in [2.75, 3.05) is 11.1 Å². The summed E-state index contributed by atoms with van der Waals surface area (Å²) in [5, 5.41) is 14.2. The van der Waals surface area contributed by atoms with E-state index in [1.807, 2.05) is 0 Å². The van der Waals surface area contributed by atoms with Crippen LogP contribution in [0.25, 0.3) is 0 Å². The molecule has 0 saturated heterocycles. The molecule has 0 aliphatic heterocycles. The van der Waals surface area contributed by atoms with Gasteiger partial charge in [-0.15, -0.1) is 0 Å². The number of halogens is 2. The Labute approximate surface area is 121 Å². The van der Waals surface area contributed by atoms with Crippen molar-refractivity contribution in [1.29, 1.82) is 0 Å². The van der Waals surface area contributed by atoms with Crippen LogP contribution in [0.4, 0.5) is 23.0 Å². The number of hydrogen-bond donors (Lipinski definition) is 2. The molecule has 6 nitrogen and oxygen atoms in total. The van der Waals surface area contributed by atoms with Crippen LogP contribution >= 0.6 is 27.5 Å². The minimum absolute atomic E-state index is 0.145. The first-order valence-electron chi connectivity index (χ1n) is 5.10. The highest BCUT2D eigenvalue weighted by Crippen LogP contribution is 2.29. The van der Waals surface area contributed by atoms with Crippen molar-refractivity contribution in [3.63, 3.8) is 0 Å². The maximum absolute atomic E-state index is 10.6. The van der Waals surface area contributed by atoms with Crippen LogP contribution in [0.1, 0.15) is 0 Å². The SMILES string of the molecule is Nc1nc(Nc2cc(Cl)ccc2Br)ccc1[N+](=O)[O-]. The maximum Gasteiger partial charge on any atom is 0.311 e. The first-order chi connectivity index (χ1) is 8.97. The van der Waals surface area contributed by atoms with Gasteiger partial charge in [0.1, 0.15) is 5.82 Å². The van der Waals surface area contributed by atoms with Crippen molar-refractivity contribution in [2.24, 2.45) is 0 Å². The van der Waals surface area contributed by atoms with Gasteiger partial charge in [0.05, 0.1) is 10.6 Å². The fourth-order valence-corrected chi connectivity index (χ4v) is 1.94. The molecule has 0 unspecified atom stereocenters. The molecule has 1 aromatic heterocycles. The molecule has 0 spiro atoms. The molecule has 0 atom stereocenters. The lowest BCUT2D eigenvalue weighted by Gasteiger charge is -2.08. The van der Waals surface area contributed by atoms with Crippen molar-refractivity contribution >= 4 is 50.5 Å². The minimum atomic E-state index is -0.582. The molecule has 2 aromatic rings. The van der Waals surface area contributed by atoms with Gasteiger partial charge in [0, 0.05) is 15.6 Å². The first-order valence-corrected chi connectivity index (χ1v) is 6.27. The van der Waals surface area contributed by atoms with Crippen LogP contribution in [-0.2, 0) is 0 Å². The average Bonchev–Trinajstić information content (AvgIpc) is 2.33. The highest BCUT2D eigenvalue weighted by molar-refractivity contribution is 9.10. The van der Waals surface area contributed by atoms with E-state index in [2.05, 4.69) is 26.2 Å². The Morgan fingerprint density at radius 3 is 2.74 bits per heavy atom. The highest BCUT2D eigenvalue weighted by Gasteiger charge is 2.13. The van der Waals surface area contributed by atoms with Crippen molar-refractivity contribution in [2.45, 2.75) is 0 Å². The topological polar surface area (TPSA) is 94.1 Å². The Morgan fingerprint density at radius 2 is 2.11 bits per heavy atom. The zero-order chi connectivity index (χ0) is 14.0. The maximum atomic E-state index is 10.6. The van der Waals surface area contributed by atoms with Gasteiger partial charge in [0.2, 0.25) is 5.82 Å². The van der Waals surface area contributed by atoms with Crippen molar-refractivity contribution in [1.82, 2.24) is 4.98 Å². The van der Waals surface area contributed by atoms with Gasteiger partial charge < -0.3 is 11.1 Å². The van der Waals surface area contributed by atoms with Gasteiger partial charge in [-0.1, -0.05) is 11.6 Å². The fraction of sp³-hybridized carbons (Fsp3) is 0. The molecule has 1 heterocycles. The largest absolute Gasteiger partial charge is 0.378 e. The Hall–Kier alpha value is -1.86. The predicted octanol–water partition coefficient (Wildman–Crippen LogP) is 3.73. The van der Waals surface area contributed by atoms with Crippen LogP contribution in [0.2, 0.25) is 5.02 Å². The van der Waals surface area contributed by atoms with E-state index in [0.717, 1.165) is 4.47 Å². The molecule has 0 bridgehead atoms. The molecule has 0 amide bonds. The van der Waals surface area contributed by atoms with E-state index in [0.29, 0.717) is 16.5 Å². The summed E-state index contributed by atoms with van der Waals surface area (Å²) in [5.41, 5.74) is 5.98. The quantitative estimate of drug-likeness (QED) is 0.654. The van der Waals surface area contributed by atoms with E-state index in [-0.39, 0.29) is 11.5 Å². The second-order valence-corrected chi connectivity index (χ2v) is 4.90.